The van der Waals surface area contributed by atoms with Crippen molar-refractivity contribution in [1.29, 1.82) is 0 Å². The highest BCUT2D eigenvalue weighted by molar-refractivity contribution is 7.98. The van der Waals surface area contributed by atoms with E-state index in [2.05, 4.69) is 10.3 Å². The number of halogens is 1. The molecule has 0 saturated carbocycles. The third-order valence-electron chi connectivity index (χ3n) is 1.65. The molecule has 0 fully saturated rings. The van der Waals surface area contributed by atoms with Crippen molar-refractivity contribution in [2.75, 3.05) is 23.9 Å². The van der Waals surface area contributed by atoms with E-state index < -0.39 is 5.97 Å². The van der Waals surface area contributed by atoms with Crippen LogP contribution in [0.4, 0.5) is 5.82 Å². The second-order valence-corrected chi connectivity index (χ2v) is 4.16. The minimum atomic E-state index is -1.01. The largest absolute Gasteiger partial charge is 0.478 e. The molecule has 15 heavy (non-hydrogen) atoms. The summed E-state index contributed by atoms with van der Waals surface area (Å²) < 4.78 is 0. The Morgan fingerprint density at radius 1 is 1.67 bits per heavy atom. The van der Waals surface area contributed by atoms with Gasteiger partial charge >= 0.3 is 5.97 Å². The highest BCUT2D eigenvalue weighted by Gasteiger charge is 2.06. The number of pyridine rings is 1. The van der Waals surface area contributed by atoms with Gasteiger partial charge in [-0.05, 0) is 18.4 Å². The molecule has 0 saturated heterocycles. The van der Waals surface area contributed by atoms with E-state index in [1.54, 1.807) is 11.8 Å². The highest BCUT2D eigenvalue weighted by Crippen LogP contribution is 2.14. The van der Waals surface area contributed by atoms with Gasteiger partial charge in [0.25, 0.3) is 0 Å². The number of hydrogen-bond donors (Lipinski definition) is 2. The molecule has 4 nitrogen and oxygen atoms in total. The van der Waals surface area contributed by atoms with Crippen molar-refractivity contribution >= 4 is 35.1 Å². The van der Waals surface area contributed by atoms with Gasteiger partial charge < -0.3 is 10.4 Å². The van der Waals surface area contributed by atoms with Crippen molar-refractivity contribution in [2.24, 2.45) is 0 Å². The van der Waals surface area contributed by atoms with Gasteiger partial charge in [0.15, 0.2) is 0 Å². The summed E-state index contributed by atoms with van der Waals surface area (Å²) in [7, 11) is 0. The van der Waals surface area contributed by atoms with Crippen LogP contribution in [0.1, 0.15) is 10.4 Å². The van der Waals surface area contributed by atoms with E-state index in [1.165, 1.54) is 12.1 Å². The molecule has 82 valence electrons. The minimum Gasteiger partial charge on any atom is -0.478 e. The molecule has 6 heteroatoms. The molecule has 0 aliphatic heterocycles. The average Bonchev–Trinajstić information content (AvgIpc) is 2.17. The number of anilines is 1. The number of carbonyl (C=O) groups is 1. The number of carboxylic acids is 1. The summed E-state index contributed by atoms with van der Waals surface area (Å²) >= 11 is 7.38. The van der Waals surface area contributed by atoms with Crippen molar-refractivity contribution in [2.45, 2.75) is 0 Å². The third kappa shape index (κ3) is 3.97. The van der Waals surface area contributed by atoms with Crippen LogP contribution in [0.5, 0.6) is 0 Å². The fourth-order valence-electron chi connectivity index (χ4n) is 0.992. The summed E-state index contributed by atoms with van der Waals surface area (Å²) in [6, 6.07) is 2.79. The Labute approximate surface area is 97.0 Å². The summed E-state index contributed by atoms with van der Waals surface area (Å²) in [6.45, 7) is 0.730. The Hall–Kier alpha value is -0.940. The zero-order valence-electron chi connectivity index (χ0n) is 8.16. The van der Waals surface area contributed by atoms with E-state index in [9.17, 15) is 4.79 Å². The second-order valence-electron chi connectivity index (χ2n) is 2.79. The first-order valence-corrected chi connectivity index (χ1v) is 6.04. The van der Waals surface area contributed by atoms with E-state index in [0.717, 1.165) is 12.3 Å². The van der Waals surface area contributed by atoms with Crippen LogP contribution in [0.25, 0.3) is 0 Å². The van der Waals surface area contributed by atoms with Crippen LogP contribution in [-0.4, -0.2) is 34.6 Å². The van der Waals surface area contributed by atoms with Crippen molar-refractivity contribution < 1.29 is 9.90 Å². The lowest BCUT2D eigenvalue weighted by Gasteiger charge is -2.05. The van der Waals surface area contributed by atoms with E-state index in [4.69, 9.17) is 16.7 Å². The number of rotatable bonds is 5. The molecule has 0 bridgehead atoms. The number of thioether (sulfide) groups is 1. The van der Waals surface area contributed by atoms with E-state index in [0.29, 0.717) is 5.82 Å². The molecule has 1 heterocycles. The minimum absolute atomic E-state index is 0.140. The summed E-state index contributed by atoms with van der Waals surface area (Å²) in [5, 5.41) is 12.0. The molecule has 0 aliphatic carbocycles. The standard InChI is InChI=1S/C9H11ClN2O2S/c1-15-3-2-11-8-5-6(9(13)14)4-7(10)12-8/h4-5H,2-3H2,1H3,(H,11,12)(H,13,14). The SMILES string of the molecule is CSCCNc1cc(C(=O)O)cc(Cl)n1. The predicted octanol–water partition coefficient (Wildman–Crippen LogP) is 2.21. The molecule has 0 spiro atoms. The van der Waals surface area contributed by atoms with Gasteiger partial charge in [-0.15, -0.1) is 0 Å². The van der Waals surface area contributed by atoms with E-state index in [-0.39, 0.29) is 10.7 Å². The molecule has 0 unspecified atom stereocenters. The molecule has 0 aromatic carbocycles. The average molecular weight is 247 g/mol. The first-order valence-electron chi connectivity index (χ1n) is 4.27. The topological polar surface area (TPSA) is 62.2 Å². The highest BCUT2D eigenvalue weighted by atomic mass is 35.5. The number of nitrogens with one attached hydrogen (secondary N) is 1. The number of hydrogen-bond acceptors (Lipinski definition) is 4. The van der Waals surface area contributed by atoms with Gasteiger partial charge in [0.1, 0.15) is 11.0 Å². The second kappa shape index (κ2) is 5.82. The molecule has 1 aromatic heterocycles. The van der Waals surface area contributed by atoms with Crippen LogP contribution in [0.3, 0.4) is 0 Å². The Morgan fingerprint density at radius 2 is 2.40 bits per heavy atom. The maximum atomic E-state index is 10.7. The van der Waals surface area contributed by atoms with Gasteiger partial charge in [-0.1, -0.05) is 11.6 Å². The maximum Gasteiger partial charge on any atom is 0.335 e. The molecule has 2 N–H and O–H groups in total. The molecule has 1 rings (SSSR count). The number of carboxylic acid groups (broad SMARTS) is 1. The zero-order chi connectivity index (χ0) is 11.3. The fraction of sp³-hybridized carbons (Fsp3) is 0.333. The molecule has 0 radical (unpaired) electrons. The number of nitrogens with zero attached hydrogens (tertiary/aromatic N) is 1. The summed E-state index contributed by atoms with van der Waals surface area (Å²) in [5.41, 5.74) is 0.140. The Balaban J connectivity index is 2.75. The number of aromatic nitrogens is 1. The quantitative estimate of drug-likeness (QED) is 0.616. The van der Waals surface area contributed by atoms with Crippen LogP contribution in [0, 0.1) is 0 Å². The molecule has 0 atom stereocenters. The summed E-state index contributed by atoms with van der Waals surface area (Å²) in [6.07, 6.45) is 2.00. The first kappa shape index (κ1) is 12.1. The summed E-state index contributed by atoms with van der Waals surface area (Å²) in [5.74, 6) is 0.414. The van der Waals surface area contributed by atoms with Gasteiger partial charge in [0, 0.05) is 12.3 Å². The van der Waals surface area contributed by atoms with Crippen LogP contribution in [-0.2, 0) is 0 Å². The molecule has 0 aliphatic rings. The lowest BCUT2D eigenvalue weighted by atomic mass is 10.2. The van der Waals surface area contributed by atoms with E-state index >= 15 is 0 Å². The summed E-state index contributed by atoms with van der Waals surface area (Å²) in [4.78, 5) is 14.7. The van der Waals surface area contributed by atoms with Crippen LogP contribution in [0.15, 0.2) is 12.1 Å². The van der Waals surface area contributed by atoms with Crippen LogP contribution >= 0.6 is 23.4 Å². The van der Waals surface area contributed by atoms with Gasteiger partial charge in [0.2, 0.25) is 0 Å². The Kier molecular flexibility index (Phi) is 4.71. The van der Waals surface area contributed by atoms with Crippen LogP contribution < -0.4 is 5.32 Å². The molecular formula is C9H11ClN2O2S. The van der Waals surface area contributed by atoms with Crippen LogP contribution in [0.2, 0.25) is 5.15 Å². The fourth-order valence-corrected chi connectivity index (χ4v) is 1.51. The zero-order valence-corrected chi connectivity index (χ0v) is 9.73. The lowest BCUT2D eigenvalue weighted by Crippen LogP contribution is -2.07. The molecule has 1 aromatic rings. The van der Waals surface area contributed by atoms with Gasteiger partial charge in [-0.3, -0.25) is 0 Å². The number of aromatic carboxylic acids is 1. The Morgan fingerprint density at radius 3 is 3.00 bits per heavy atom. The smallest absolute Gasteiger partial charge is 0.335 e. The molecular weight excluding hydrogens is 236 g/mol. The first-order chi connectivity index (χ1) is 7.13. The third-order valence-corrected chi connectivity index (χ3v) is 2.46. The van der Waals surface area contributed by atoms with Crippen molar-refractivity contribution in [1.82, 2.24) is 4.98 Å². The van der Waals surface area contributed by atoms with Gasteiger partial charge in [0.05, 0.1) is 5.56 Å². The van der Waals surface area contributed by atoms with Gasteiger partial charge in [-0.25, -0.2) is 9.78 Å². The predicted molar refractivity (Wildman–Crippen MR) is 63.1 cm³/mol. The molecule has 0 amide bonds. The van der Waals surface area contributed by atoms with E-state index in [1.807, 2.05) is 6.26 Å². The maximum absolute atomic E-state index is 10.7. The lowest BCUT2D eigenvalue weighted by molar-refractivity contribution is 0.0697. The monoisotopic (exact) mass is 246 g/mol. The van der Waals surface area contributed by atoms with Crippen molar-refractivity contribution in [3.8, 4) is 0 Å². The van der Waals surface area contributed by atoms with Crippen molar-refractivity contribution in [3.63, 3.8) is 0 Å². The normalized spacial score (nSPS) is 10.0. The van der Waals surface area contributed by atoms with Gasteiger partial charge in [-0.2, -0.15) is 11.8 Å². The Bertz CT molecular complexity index is 360. The van der Waals surface area contributed by atoms with Crippen molar-refractivity contribution in [3.05, 3.63) is 22.8 Å².